The lowest BCUT2D eigenvalue weighted by atomic mass is 9.81. The fourth-order valence-electron chi connectivity index (χ4n) is 3.99. The summed E-state index contributed by atoms with van der Waals surface area (Å²) in [5.41, 5.74) is 0.831. The molecule has 0 spiro atoms. The Kier molecular flexibility index (Phi) is 3.91. The summed E-state index contributed by atoms with van der Waals surface area (Å²) in [5, 5.41) is 16.7. The molecular weight excluding hydrogens is 336 g/mol. The van der Waals surface area contributed by atoms with Crippen LogP contribution in [0.15, 0.2) is 36.7 Å². The standard InChI is InChI=1S/C18H20N4O4/c1-26-13-3-4-15(22-6-2-5-20-22)12(7-13)8-21-9-14-16(23)19-10-18(14,11-21)17(24)25/h2-7,14H,8-11H2,1H3,(H,19,23)(H,24,25)/t14-,18+/m0/s1. The van der Waals surface area contributed by atoms with E-state index in [1.165, 1.54) is 0 Å². The molecule has 136 valence electrons. The molecule has 4 rings (SSSR count). The van der Waals surface area contributed by atoms with Gasteiger partial charge in [0.1, 0.15) is 11.2 Å². The first kappa shape index (κ1) is 16.6. The first-order valence-electron chi connectivity index (χ1n) is 8.44. The Bertz CT molecular complexity index is 851. The van der Waals surface area contributed by atoms with E-state index >= 15 is 0 Å². The predicted octanol–water partition coefficient (Wildman–Crippen LogP) is 0.514. The number of nitrogens with one attached hydrogen (secondary N) is 1. The summed E-state index contributed by atoms with van der Waals surface area (Å²) in [6, 6.07) is 7.57. The summed E-state index contributed by atoms with van der Waals surface area (Å²) >= 11 is 0. The van der Waals surface area contributed by atoms with Gasteiger partial charge in [-0.2, -0.15) is 5.10 Å². The molecule has 2 saturated heterocycles. The molecule has 2 aliphatic rings. The van der Waals surface area contributed by atoms with E-state index in [1.807, 2.05) is 35.4 Å². The Labute approximate surface area is 150 Å². The lowest BCUT2D eigenvalue weighted by Crippen LogP contribution is -2.40. The van der Waals surface area contributed by atoms with Gasteiger partial charge < -0.3 is 15.2 Å². The molecule has 2 N–H and O–H groups in total. The van der Waals surface area contributed by atoms with Crippen LogP contribution >= 0.6 is 0 Å². The van der Waals surface area contributed by atoms with Gasteiger partial charge in [-0.3, -0.25) is 14.5 Å². The molecule has 1 aromatic heterocycles. The molecule has 2 atom stereocenters. The van der Waals surface area contributed by atoms with Crippen molar-refractivity contribution in [3.63, 3.8) is 0 Å². The Morgan fingerprint density at radius 2 is 2.35 bits per heavy atom. The van der Waals surface area contributed by atoms with Crippen molar-refractivity contribution in [2.45, 2.75) is 6.54 Å². The average molecular weight is 356 g/mol. The van der Waals surface area contributed by atoms with E-state index in [9.17, 15) is 14.7 Å². The minimum absolute atomic E-state index is 0.173. The van der Waals surface area contributed by atoms with E-state index in [0.717, 1.165) is 17.0 Å². The van der Waals surface area contributed by atoms with Gasteiger partial charge in [-0.25, -0.2) is 4.68 Å². The zero-order valence-electron chi connectivity index (χ0n) is 14.4. The normalized spacial score (nSPS) is 25.1. The zero-order chi connectivity index (χ0) is 18.3. The van der Waals surface area contributed by atoms with Crippen LogP contribution in [0.25, 0.3) is 5.69 Å². The molecule has 0 unspecified atom stereocenters. The second kappa shape index (κ2) is 6.14. The minimum Gasteiger partial charge on any atom is -0.497 e. The van der Waals surface area contributed by atoms with Crippen molar-refractivity contribution >= 4 is 11.9 Å². The Balaban J connectivity index is 1.64. The summed E-state index contributed by atoms with van der Waals surface area (Å²) in [4.78, 5) is 26.0. The van der Waals surface area contributed by atoms with E-state index in [0.29, 0.717) is 19.6 Å². The number of methoxy groups -OCH3 is 1. The highest BCUT2D eigenvalue weighted by atomic mass is 16.5. The van der Waals surface area contributed by atoms with Crippen molar-refractivity contribution in [2.75, 3.05) is 26.7 Å². The quantitative estimate of drug-likeness (QED) is 0.810. The molecule has 0 radical (unpaired) electrons. The van der Waals surface area contributed by atoms with Crippen molar-refractivity contribution in [3.05, 3.63) is 42.2 Å². The smallest absolute Gasteiger partial charge is 0.313 e. The zero-order valence-corrected chi connectivity index (χ0v) is 14.4. The number of carbonyl (C=O) groups is 2. The third-order valence-corrected chi connectivity index (χ3v) is 5.37. The third-order valence-electron chi connectivity index (χ3n) is 5.37. The van der Waals surface area contributed by atoms with Crippen LogP contribution in [0.1, 0.15) is 5.56 Å². The van der Waals surface area contributed by atoms with Crippen LogP contribution in [-0.4, -0.2) is 58.4 Å². The van der Waals surface area contributed by atoms with Gasteiger partial charge >= 0.3 is 5.97 Å². The summed E-state index contributed by atoms with van der Waals surface area (Å²) in [6.07, 6.45) is 3.56. The molecule has 2 aromatic rings. The highest BCUT2D eigenvalue weighted by molar-refractivity contribution is 5.92. The number of carbonyl (C=O) groups excluding carboxylic acids is 1. The fraction of sp³-hybridized carbons (Fsp3) is 0.389. The summed E-state index contributed by atoms with van der Waals surface area (Å²) in [6.45, 7) is 1.47. The lowest BCUT2D eigenvalue weighted by Gasteiger charge is -2.23. The molecule has 8 heteroatoms. The van der Waals surface area contributed by atoms with Gasteiger partial charge in [0.2, 0.25) is 5.91 Å². The number of likely N-dealkylation sites (tertiary alicyclic amines) is 1. The van der Waals surface area contributed by atoms with Crippen molar-refractivity contribution in [2.24, 2.45) is 11.3 Å². The van der Waals surface area contributed by atoms with Crippen LogP contribution < -0.4 is 10.1 Å². The highest BCUT2D eigenvalue weighted by Crippen LogP contribution is 2.40. The number of amides is 1. The second-order valence-electron chi connectivity index (χ2n) is 6.85. The number of carboxylic acid groups (broad SMARTS) is 1. The van der Waals surface area contributed by atoms with Crippen LogP contribution in [0, 0.1) is 11.3 Å². The van der Waals surface area contributed by atoms with Gasteiger partial charge in [-0.1, -0.05) is 0 Å². The number of hydrogen-bond acceptors (Lipinski definition) is 5. The molecule has 0 aliphatic carbocycles. The maximum atomic E-state index is 12.1. The lowest BCUT2D eigenvalue weighted by molar-refractivity contribution is -0.149. The van der Waals surface area contributed by atoms with E-state index in [-0.39, 0.29) is 12.5 Å². The van der Waals surface area contributed by atoms with E-state index < -0.39 is 17.3 Å². The molecular formula is C18H20N4O4. The Morgan fingerprint density at radius 3 is 3.00 bits per heavy atom. The number of fused-ring (bicyclic) bond motifs is 1. The molecule has 2 aliphatic heterocycles. The van der Waals surface area contributed by atoms with Gasteiger partial charge in [0.15, 0.2) is 0 Å². The topological polar surface area (TPSA) is 96.7 Å². The van der Waals surface area contributed by atoms with Crippen LogP contribution in [0.2, 0.25) is 0 Å². The largest absolute Gasteiger partial charge is 0.497 e. The molecule has 26 heavy (non-hydrogen) atoms. The molecule has 1 amide bonds. The SMILES string of the molecule is COc1ccc(-n2cccn2)c(CN2C[C@H]3C(=O)NC[C@@]3(C(=O)O)C2)c1. The van der Waals surface area contributed by atoms with Gasteiger partial charge in [-0.15, -0.1) is 0 Å². The highest BCUT2D eigenvalue weighted by Gasteiger charge is 2.59. The summed E-state index contributed by atoms with van der Waals surface area (Å²) < 4.78 is 7.10. The number of aliphatic carboxylic acids is 1. The molecule has 0 bridgehead atoms. The van der Waals surface area contributed by atoms with Crippen LogP contribution in [0.5, 0.6) is 5.75 Å². The van der Waals surface area contributed by atoms with Crippen molar-refractivity contribution < 1.29 is 19.4 Å². The average Bonchev–Trinajstić information content (AvgIpc) is 3.33. The van der Waals surface area contributed by atoms with Gasteiger partial charge in [0.05, 0.1) is 18.7 Å². The molecule has 3 heterocycles. The second-order valence-corrected chi connectivity index (χ2v) is 6.85. The van der Waals surface area contributed by atoms with E-state index in [1.54, 1.807) is 18.0 Å². The number of benzene rings is 1. The van der Waals surface area contributed by atoms with Crippen LogP contribution in [-0.2, 0) is 16.1 Å². The Hall–Kier alpha value is -2.87. The van der Waals surface area contributed by atoms with Crippen LogP contribution in [0.3, 0.4) is 0 Å². The fourth-order valence-corrected chi connectivity index (χ4v) is 3.99. The molecule has 2 fully saturated rings. The monoisotopic (exact) mass is 356 g/mol. The first-order valence-corrected chi connectivity index (χ1v) is 8.44. The molecule has 1 aromatic carbocycles. The number of carboxylic acids is 1. The third kappa shape index (κ3) is 2.53. The summed E-state index contributed by atoms with van der Waals surface area (Å²) in [5.74, 6) is -0.881. The van der Waals surface area contributed by atoms with Crippen molar-refractivity contribution in [3.8, 4) is 11.4 Å². The minimum atomic E-state index is -1.04. The van der Waals surface area contributed by atoms with E-state index in [2.05, 4.69) is 10.4 Å². The van der Waals surface area contributed by atoms with Gasteiger partial charge in [0.25, 0.3) is 0 Å². The van der Waals surface area contributed by atoms with Crippen molar-refractivity contribution in [1.82, 2.24) is 20.0 Å². The molecule has 8 nitrogen and oxygen atoms in total. The molecule has 0 saturated carbocycles. The number of hydrogen-bond donors (Lipinski definition) is 2. The van der Waals surface area contributed by atoms with E-state index in [4.69, 9.17) is 4.74 Å². The number of rotatable bonds is 5. The van der Waals surface area contributed by atoms with Crippen molar-refractivity contribution in [1.29, 1.82) is 0 Å². The van der Waals surface area contributed by atoms with Gasteiger partial charge in [-0.05, 0) is 29.8 Å². The first-order chi connectivity index (χ1) is 12.5. The maximum absolute atomic E-state index is 12.1. The number of aromatic nitrogens is 2. The van der Waals surface area contributed by atoms with Gasteiger partial charge in [0, 0.05) is 38.6 Å². The number of nitrogens with zero attached hydrogens (tertiary/aromatic N) is 3. The Morgan fingerprint density at radius 1 is 1.50 bits per heavy atom. The summed E-state index contributed by atoms with van der Waals surface area (Å²) in [7, 11) is 1.61. The maximum Gasteiger partial charge on any atom is 0.313 e. The van der Waals surface area contributed by atoms with Crippen LogP contribution in [0.4, 0.5) is 0 Å². The predicted molar refractivity (Wildman–Crippen MR) is 92.0 cm³/mol. The number of ether oxygens (including phenoxy) is 1.